The third-order valence-corrected chi connectivity index (χ3v) is 1.44. The predicted octanol–water partition coefficient (Wildman–Crippen LogP) is 0.389. The molecule has 14 heavy (non-hydrogen) atoms. The fourth-order valence-electron chi connectivity index (χ4n) is 0.623. The highest BCUT2D eigenvalue weighted by molar-refractivity contribution is 7.81. The van der Waals surface area contributed by atoms with Gasteiger partial charge in [-0.15, -0.1) is 0 Å². The maximum Gasteiger partial charge on any atom is 0.446 e. The van der Waals surface area contributed by atoms with E-state index in [-0.39, 0.29) is 11.5 Å². The zero-order chi connectivity index (χ0) is 11.2. The molecule has 0 fully saturated rings. The summed E-state index contributed by atoms with van der Waals surface area (Å²) in [5.74, 6) is -0.0759. The lowest BCUT2D eigenvalue weighted by Gasteiger charge is -1.99. The predicted molar refractivity (Wildman–Crippen MR) is 47.4 cm³/mol. The Hall–Kier alpha value is -1.60. The number of phenols is 1. The second kappa shape index (κ2) is 5.20. The Bertz CT molecular complexity index is 368. The normalized spacial score (nSPS) is 9.79. The molecule has 0 bridgehead atoms. The van der Waals surface area contributed by atoms with Crippen LogP contribution in [0.25, 0.3) is 0 Å². The lowest BCUT2D eigenvalue weighted by atomic mass is 10.3. The Morgan fingerprint density at radius 1 is 1.14 bits per heavy atom. The van der Waals surface area contributed by atoms with Gasteiger partial charge in [-0.3, -0.25) is 4.55 Å². The van der Waals surface area contributed by atoms with Crippen molar-refractivity contribution in [3.63, 3.8) is 0 Å². The summed E-state index contributed by atoms with van der Waals surface area (Å²) in [6, 6.07) is 4.90. The Morgan fingerprint density at radius 2 is 1.57 bits per heavy atom. The molecular formula is C7H8O6S. The highest BCUT2D eigenvalue weighted by Gasteiger charge is 2.05. The van der Waals surface area contributed by atoms with Crippen molar-refractivity contribution >= 4 is 17.2 Å². The van der Waals surface area contributed by atoms with Crippen molar-refractivity contribution in [1.82, 2.24) is 0 Å². The first kappa shape index (κ1) is 12.4. The second-order valence-corrected chi connectivity index (χ2v) is 3.03. The third-order valence-electron chi connectivity index (χ3n) is 1.04. The van der Waals surface area contributed by atoms with Crippen LogP contribution in [0.1, 0.15) is 0 Å². The van der Waals surface area contributed by atoms with Crippen LogP contribution in [0.2, 0.25) is 0 Å². The molecule has 0 aromatic heterocycles. The van der Waals surface area contributed by atoms with Crippen molar-refractivity contribution < 1.29 is 27.1 Å². The van der Waals surface area contributed by atoms with Crippen molar-refractivity contribution in [2.75, 3.05) is 0 Å². The molecule has 2 N–H and O–H groups in total. The fourth-order valence-corrected chi connectivity index (χ4v) is 0.978. The van der Waals surface area contributed by atoms with Gasteiger partial charge in [-0.05, 0) is 24.3 Å². The first-order chi connectivity index (χ1) is 6.47. The summed E-state index contributed by atoms with van der Waals surface area (Å²) in [5, 5.41) is 8.79. The van der Waals surface area contributed by atoms with Gasteiger partial charge < -0.3 is 14.1 Å². The molecule has 0 aliphatic rings. The molecule has 1 aromatic carbocycles. The number of hydrogen-bond acceptors (Lipinski definition) is 5. The van der Waals surface area contributed by atoms with Gasteiger partial charge in [0.05, 0.1) is 0 Å². The lowest BCUT2D eigenvalue weighted by Crippen LogP contribution is -2.06. The fraction of sp³-hybridized carbons (Fsp3) is 0. The minimum absolute atomic E-state index is 0.0160. The summed E-state index contributed by atoms with van der Waals surface area (Å²) in [5.41, 5.74) is 0. The third kappa shape index (κ3) is 5.12. The van der Waals surface area contributed by atoms with E-state index in [2.05, 4.69) is 4.18 Å². The van der Waals surface area contributed by atoms with Gasteiger partial charge in [0, 0.05) is 0 Å². The van der Waals surface area contributed by atoms with Gasteiger partial charge in [0.2, 0.25) is 0 Å². The molecule has 7 heteroatoms. The highest BCUT2D eigenvalue weighted by atomic mass is 32.3. The molecule has 0 aliphatic carbocycles. The number of aromatic hydroxyl groups is 1. The molecule has 0 aliphatic heterocycles. The summed E-state index contributed by atoms with van der Waals surface area (Å²) in [7, 11) is -4.47. The smallest absolute Gasteiger partial charge is 0.446 e. The zero-order valence-corrected chi connectivity index (χ0v) is 7.77. The van der Waals surface area contributed by atoms with Crippen molar-refractivity contribution in [1.29, 1.82) is 0 Å². The van der Waals surface area contributed by atoms with Gasteiger partial charge in [-0.1, -0.05) is 0 Å². The van der Waals surface area contributed by atoms with Gasteiger partial charge >= 0.3 is 10.4 Å². The first-order valence-electron chi connectivity index (χ1n) is 3.22. The van der Waals surface area contributed by atoms with Crippen LogP contribution in [0.15, 0.2) is 24.3 Å². The molecule has 0 saturated heterocycles. The first-order valence-corrected chi connectivity index (χ1v) is 4.59. The van der Waals surface area contributed by atoms with E-state index in [4.69, 9.17) is 14.5 Å². The average Bonchev–Trinajstić information content (AvgIpc) is 2.10. The Labute approximate surface area is 80.7 Å². The molecule has 0 amide bonds. The summed E-state index contributed by atoms with van der Waals surface area (Å²) in [6.45, 7) is 2.00. The molecule has 1 rings (SSSR count). The number of rotatable bonds is 2. The Kier molecular flexibility index (Phi) is 4.60. The van der Waals surface area contributed by atoms with E-state index >= 15 is 0 Å². The van der Waals surface area contributed by atoms with E-state index in [0.29, 0.717) is 0 Å². The lowest BCUT2D eigenvalue weighted by molar-refractivity contribution is -0.0979. The van der Waals surface area contributed by atoms with Crippen LogP contribution in [0.3, 0.4) is 0 Å². The number of phenolic OH excluding ortho intramolecular Hbond substituents is 1. The van der Waals surface area contributed by atoms with Gasteiger partial charge in [-0.2, -0.15) is 8.42 Å². The van der Waals surface area contributed by atoms with E-state index in [0.717, 1.165) is 0 Å². The second-order valence-electron chi connectivity index (χ2n) is 2.00. The van der Waals surface area contributed by atoms with Gasteiger partial charge in [0.1, 0.15) is 18.3 Å². The number of benzene rings is 1. The van der Waals surface area contributed by atoms with Crippen LogP contribution >= 0.6 is 0 Å². The van der Waals surface area contributed by atoms with Crippen LogP contribution in [-0.4, -0.2) is 24.9 Å². The molecule has 0 heterocycles. The largest absolute Gasteiger partial charge is 0.508 e. The SMILES string of the molecule is C=O.O=S(=O)(O)Oc1ccc(O)cc1. The van der Waals surface area contributed by atoms with Crippen LogP contribution < -0.4 is 4.18 Å². The van der Waals surface area contributed by atoms with E-state index in [1.54, 1.807) is 0 Å². The topological polar surface area (TPSA) is 101 Å². The molecule has 0 saturated carbocycles. The number of carbonyl (C=O) groups excluding carboxylic acids is 1. The van der Waals surface area contributed by atoms with Crippen molar-refractivity contribution in [2.45, 2.75) is 0 Å². The number of hydrogen-bond donors (Lipinski definition) is 2. The molecule has 0 spiro atoms. The van der Waals surface area contributed by atoms with Gasteiger partial charge in [0.15, 0.2) is 0 Å². The van der Waals surface area contributed by atoms with Crippen LogP contribution in [0.5, 0.6) is 11.5 Å². The van der Waals surface area contributed by atoms with Crippen LogP contribution in [0.4, 0.5) is 0 Å². The Morgan fingerprint density at radius 3 is 1.93 bits per heavy atom. The molecule has 78 valence electrons. The maximum atomic E-state index is 10.2. The minimum Gasteiger partial charge on any atom is -0.508 e. The van der Waals surface area contributed by atoms with E-state index in [1.807, 2.05) is 6.79 Å². The Balaban J connectivity index is 0.000000791. The molecule has 0 unspecified atom stereocenters. The maximum absolute atomic E-state index is 10.2. The van der Waals surface area contributed by atoms with Crippen LogP contribution in [0, 0.1) is 0 Å². The quantitative estimate of drug-likeness (QED) is 0.699. The van der Waals surface area contributed by atoms with Crippen molar-refractivity contribution in [3.05, 3.63) is 24.3 Å². The van der Waals surface area contributed by atoms with Crippen molar-refractivity contribution in [3.8, 4) is 11.5 Å². The molecular weight excluding hydrogens is 212 g/mol. The monoisotopic (exact) mass is 220 g/mol. The van der Waals surface area contributed by atoms with Crippen molar-refractivity contribution in [2.24, 2.45) is 0 Å². The molecule has 1 aromatic rings. The standard InChI is InChI=1S/C6H6O5S.CH2O/c7-5-1-3-6(4-2-5)11-12(8,9)10;1-2/h1-4,7H,(H,8,9,10);1H2. The summed E-state index contributed by atoms with van der Waals surface area (Å²) < 4.78 is 32.6. The minimum atomic E-state index is -4.47. The number of carbonyl (C=O) groups is 1. The van der Waals surface area contributed by atoms with E-state index in [9.17, 15) is 8.42 Å². The van der Waals surface area contributed by atoms with Crippen LogP contribution in [-0.2, 0) is 15.2 Å². The van der Waals surface area contributed by atoms with Gasteiger partial charge in [-0.25, -0.2) is 0 Å². The molecule has 0 atom stereocenters. The van der Waals surface area contributed by atoms with E-state index < -0.39 is 10.4 Å². The summed E-state index contributed by atoms with van der Waals surface area (Å²) in [6.07, 6.45) is 0. The molecule has 0 radical (unpaired) electrons. The van der Waals surface area contributed by atoms with E-state index in [1.165, 1.54) is 24.3 Å². The van der Waals surface area contributed by atoms with Gasteiger partial charge in [0.25, 0.3) is 0 Å². The summed E-state index contributed by atoms with van der Waals surface area (Å²) in [4.78, 5) is 8.00. The zero-order valence-electron chi connectivity index (χ0n) is 6.95. The highest BCUT2D eigenvalue weighted by Crippen LogP contribution is 2.16. The average molecular weight is 220 g/mol. The summed E-state index contributed by atoms with van der Waals surface area (Å²) >= 11 is 0. The molecule has 6 nitrogen and oxygen atoms in total.